The number of imide groups is 1. The number of thiazole rings is 1. The van der Waals surface area contributed by atoms with Crippen LogP contribution in [0.25, 0.3) is 21.3 Å². The number of carbonyl (C=O) groups excluding carboxylic acids is 7. The first-order valence-corrected chi connectivity index (χ1v) is 34.2. The Kier molecular flexibility index (Phi) is 22.8. The van der Waals surface area contributed by atoms with Crippen LogP contribution < -0.4 is 37.2 Å². The Bertz CT molecular complexity index is 3940. The number of benzene rings is 2. The van der Waals surface area contributed by atoms with Crippen molar-refractivity contribution >= 4 is 97.5 Å². The summed E-state index contributed by atoms with van der Waals surface area (Å²) >= 11 is 1.52. The number of ether oxygens (including phenoxy) is 4. The number of pyridine rings is 1. The van der Waals surface area contributed by atoms with Crippen molar-refractivity contribution in [2.75, 3.05) is 82.3 Å². The fourth-order valence-electron chi connectivity index (χ4n) is 15.4. The van der Waals surface area contributed by atoms with E-state index >= 15 is 0 Å². The van der Waals surface area contributed by atoms with Crippen LogP contribution in [0, 0.1) is 36.0 Å². The monoisotopic (exact) mass is 1380 g/mol. The van der Waals surface area contributed by atoms with Crippen molar-refractivity contribution in [3.63, 3.8) is 0 Å². The molecule has 2 aromatic carbocycles. The van der Waals surface area contributed by atoms with Crippen molar-refractivity contribution in [1.82, 2.24) is 55.7 Å². The molecule has 4 saturated carbocycles. The highest BCUT2D eigenvalue weighted by Gasteiger charge is 2.66. The van der Waals surface area contributed by atoms with Crippen LogP contribution in [0.5, 0.6) is 0 Å². The number of carboxylic acid groups (broad SMARTS) is 1. The van der Waals surface area contributed by atoms with E-state index in [1.807, 2.05) is 48.9 Å². The van der Waals surface area contributed by atoms with Crippen molar-refractivity contribution in [2.24, 2.45) is 27.9 Å². The van der Waals surface area contributed by atoms with Gasteiger partial charge in [-0.1, -0.05) is 63.3 Å². The van der Waals surface area contributed by atoms with E-state index in [0.29, 0.717) is 71.1 Å². The SMILES string of the molecule is COCCCN(CCOC12CC3(C)CC(C)(CC(Cn4ncc(-c5ccc(N(C)c6cc(C)c(Nc7nc8ccccc8s7)nn6)nc5C(=O)O)c4C)(C3)C1)C2)C(=O)OCc1ccc(NC(=O)[C@H](CCCNC(N)=O)NC(=O)[C@@H](NC(=O)CCOCCN2C(=O)C=CC2=O)C(C)C)cc1. The number of hydrogen-bond acceptors (Lipinski definition) is 20. The number of hydrogen-bond donors (Lipinski definition) is 7. The van der Waals surface area contributed by atoms with E-state index < -0.39 is 65.3 Å². The first kappa shape index (κ1) is 72.3. The summed E-state index contributed by atoms with van der Waals surface area (Å²) < 4.78 is 26.9. The molecule has 528 valence electrons. The minimum Gasteiger partial charge on any atom is -0.476 e. The lowest BCUT2D eigenvalue weighted by Crippen LogP contribution is -2.64. The van der Waals surface area contributed by atoms with E-state index in [2.05, 4.69) is 60.6 Å². The van der Waals surface area contributed by atoms with Gasteiger partial charge in [0.1, 0.15) is 24.5 Å². The molecule has 0 spiro atoms. The molecule has 0 saturated heterocycles. The predicted molar refractivity (Wildman–Crippen MR) is 370 cm³/mol. The number of carbonyl (C=O) groups is 8. The maximum atomic E-state index is 14.0. The average Bonchev–Trinajstić information content (AvgIpc) is 1.19. The number of methoxy groups -OCH3 is 1. The number of urea groups is 1. The number of rotatable bonds is 34. The molecule has 4 aromatic heterocycles. The molecule has 29 heteroatoms. The van der Waals surface area contributed by atoms with Crippen LogP contribution in [-0.2, 0) is 56.1 Å². The molecule has 0 radical (unpaired) electrons. The normalized spacial score (nSPS) is 20.4. The summed E-state index contributed by atoms with van der Waals surface area (Å²) in [6, 6.07) is 17.2. The van der Waals surface area contributed by atoms with Gasteiger partial charge in [0, 0.05) is 88.0 Å². The average molecular weight is 1380 g/mol. The summed E-state index contributed by atoms with van der Waals surface area (Å²) in [5.41, 5.74) is 9.19. The number of primary amides is 1. The second-order valence-corrected chi connectivity index (χ2v) is 28.7. The van der Waals surface area contributed by atoms with E-state index in [0.717, 1.165) is 64.9 Å². The van der Waals surface area contributed by atoms with Gasteiger partial charge in [0.05, 0.1) is 48.4 Å². The predicted octanol–water partition coefficient (Wildman–Crippen LogP) is 8.33. The van der Waals surface area contributed by atoms with Crippen molar-refractivity contribution in [2.45, 2.75) is 137 Å². The van der Waals surface area contributed by atoms with Gasteiger partial charge >= 0.3 is 18.1 Å². The lowest BCUT2D eigenvalue weighted by Gasteiger charge is -2.69. The van der Waals surface area contributed by atoms with Crippen LogP contribution >= 0.6 is 11.3 Å². The van der Waals surface area contributed by atoms with Gasteiger partial charge in [-0.05, 0) is 147 Å². The number of aromatic nitrogens is 6. The zero-order chi connectivity index (χ0) is 70.8. The fraction of sp³-hybridized carbons (Fsp3) is 0.500. The van der Waals surface area contributed by atoms with Gasteiger partial charge in [-0.15, -0.1) is 10.2 Å². The molecule has 99 heavy (non-hydrogen) atoms. The van der Waals surface area contributed by atoms with E-state index in [4.69, 9.17) is 29.8 Å². The van der Waals surface area contributed by atoms with Gasteiger partial charge in [0.15, 0.2) is 22.5 Å². The number of carboxylic acids is 1. The molecule has 28 nitrogen and oxygen atoms in total. The second kappa shape index (κ2) is 31.2. The molecule has 6 aromatic rings. The molecule has 4 aliphatic carbocycles. The summed E-state index contributed by atoms with van der Waals surface area (Å²) in [6.45, 7) is 14.2. The van der Waals surface area contributed by atoms with E-state index in [1.54, 1.807) is 80.4 Å². The largest absolute Gasteiger partial charge is 0.476 e. The number of amides is 8. The van der Waals surface area contributed by atoms with Gasteiger partial charge in [0.25, 0.3) is 11.8 Å². The molecular formula is C70H89N15O13S. The highest BCUT2D eigenvalue weighted by atomic mass is 32.1. The molecule has 4 bridgehead atoms. The van der Waals surface area contributed by atoms with Gasteiger partial charge in [0.2, 0.25) is 17.7 Å². The lowest BCUT2D eigenvalue weighted by atomic mass is 9.39. The number of anilines is 5. The van der Waals surface area contributed by atoms with Crippen molar-refractivity contribution < 1.29 is 62.4 Å². The van der Waals surface area contributed by atoms with E-state index in [1.165, 1.54) is 23.5 Å². The maximum Gasteiger partial charge on any atom is 0.410 e. The molecular weight excluding hydrogens is 1290 g/mol. The number of nitrogens with one attached hydrogen (secondary N) is 5. The quantitative estimate of drug-likeness (QED) is 0.0147. The summed E-state index contributed by atoms with van der Waals surface area (Å²) in [4.78, 5) is 116. The number of nitrogens with zero attached hydrogens (tertiary/aromatic N) is 9. The Morgan fingerprint density at radius 3 is 2.23 bits per heavy atom. The van der Waals surface area contributed by atoms with Gasteiger partial charge in [-0.2, -0.15) is 5.10 Å². The number of aryl methyl sites for hydroxylation is 1. The second-order valence-electron chi connectivity index (χ2n) is 27.7. The molecule has 4 atom stereocenters. The maximum absolute atomic E-state index is 14.0. The highest BCUT2D eigenvalue weighted by Crippen LogP contribution is 2.72. The number of nitrogens with two attached hydrogens (primary N) is 1. The first-order valence-electron chi connectivity index (χ1n) is 33.4. The van der Waals surface area contributed by atoms with Crippen LogP contribution in [0.3, 0.4) is 0 Å². The van der Waals surface area contributed by atoms with Crippen molar-refractivity contribution in [1.29, 1.82) is 0 Å². The minimum absolute atomic E-state index is 0.0108. The number of aromatic carboxylic acids is 1. The zero-order valence-corrected chi connectivity index (χ0v) is 58.1. The van der Waals surface area contributed by atoms with Gasteiger partial charge < -0.3 is 66.2 Å². The van der Waals surface area contributed by atoms with Crippen LogP contribution in [-0.4, -0.2) is 177 Å². The number of fused-ring (bicyclic) bond motifs is 1. The topological polar surface area (TPSA) is 359 Å². The standard InChI is InChI=1S/C70H89N15O13S/c1-43(2)58(78-55(86)24-30-96-31-28-84-56(87)22-23-57(84)88)62(90)75-51(14-11-25-72-64(71)93)61(89)74-47-18-16-46(17-19-47)35-97-66(94)83(26-12-29-95-8)27-32-98-70-39-67(5)36-68(6,40-70)38-69(37-67,41-70)42-85-45(4)49(34-73-85)48-20-21-53(77-59(48)63(91)92)82(7)54-33-44(3)60(81-80-54)79-65-76-50-13-9-10-15-52(50)99-65/h9-10,13,15-23,33-34,43,51,58H,11-12,14,24-32,35-42H2,1-8H3,(H,74,89)(H,75,90)(H,78,86)(H,91,92)(H3,71,72,93)(H,76,79,81)/t51-,58-,67?,68?,69?,70?/m0/s1. The van der Waals surface area contributed by atoms with Crippen molar-refractivity contribution in [3.8, 4) is 11.1 Å². The molecule has 8 amide bonds. The summed E-state index contributed by atoms with van der Waals surface area (Å²) in [5, 5.41) is 39.3. The minimum atomic E-state index is -1.18. The number of para-hydroxylation sites is 1. The Labute approximate surface area is 578 Å². The van der Waals surface area contributed by atoms with Crippen LogP contribution in [0.4, 0.5) is 37.9 Å². The summed E-state index contributed by atoms with van der Waals surface area (Å²) in [7, 11) is 3.38. The fourth-order valence-corrected chi connectivity index (χ4v) is 16.2. The first-order chi connectivity index (χ1) is 47.2. The molecule has 5 aliphatic rings. The molecule has 11 rings (SSSR count). The lowest BCUT2D eigenvalue weighted by molar-refractivity contribution is -0.248. The van der Waals surface area contributed by atoms with Crippen molar-refractivity contribution in [3.05, 3.63) is 108 Å². The van der Waals surface area contributed by atoms with Crippen LogP contribution in [0.2, 0.25) is 0 Å². The van der Waals surface area contributed by atoms with Gasteiger partial charge in [-0.3, -0.25) is 33.6 Å². The third kappa shape index (κ3) is 17.9. The summed E-state index contributed by atoms with van der Waals surface area (Å²) in [5.74, 6) is -2.68. The Morgan fingerprint density at radius 1 is 0.808 bits per heavy atom. The van der Waals surface area contributed by atoms with Crippen LogP contribution in [0.1, 0.15) is 119 Å². The Balaban J connectivity index is 0.734. The molecule has 4 fully saturated rings. The molecule has 5 heterocycles. The molecule has 8 N–H and O–H groups in total. The molecule has 2 unspecified atom stereocenters. The zero-order valence-electron chi connectivity index (χ0n) is 57.3. The third-order valence-corrected chi connectivity index (χ3v) is 19.8. The van der Waals surface area contributed by atoms with E-state index in [-0.39, 0.29) is 93.2 Å². The van der Waals surface area contributed by atoms with E-state index in [9.17, 15) is 43.5 Å². The molecule has 1 aliphatic heterocycles. The third-order valence-electron chi connectivity index (χ3n) is 18.9. The Morgan fingerprint density at radius 2 is 1.55 bits per heavy atom. The smallest absolute Gasteiger partial charge is 0.410 e. The summed E-state index contributed by atoms with van der Waals surface area (Å²) in [6.07, 6.45) is 9.98. The highest BCUT2D eigenvalue weighted by molar-refractivity contribution is 7.22. The van der Waals surface area contributed by atoms with Crippen LogP contribution in [0.15, 0.2) is 85.1 Å². The van der Waals surface area contributed by atoms with Gasteiger partial charge in [-0.25, -0.2) is 24.4 Å². The Hall–Kier alpha value is -9.45.